The van der Waals surface area contributed by atoms with Crippen molar-refractivity contribution in [1.29, 1.82) is 0 Å². The van der Waals surface area contributed by atoms with Crippen LogP contribution in [0.1, 0.15) is 95.0 Å². The molecule has 2 aromatic heterocycles. The minimum Gasteiger partial charge on any atom is -0.481 e. The zero-order valence-corrected chi connectivity index (χ0v) is 33.9. The Balaban J connectivity index is 0.000000223. The van der Waals surface area contributed by atoms with Gasteiger partial charge in [0.1, 0.15) is 6.10 Å². The van der Waals surface area contributed by atoms with Gasteiger partial charge in [-0.1, -0.05) is 60.7 Å². The molecule has 13 nitrogen and oxygen atoms in total. The summed E-state index contributed by atoms with van der Waals surface area (Å²) in [7, 11) is 1.39. The smallest absolute Gasteiger partial charge is 0.315 e. The molecule has 0 spiro atoms. The number of benzene rings is 2. The zero-order chi connectivity index (χ0) is 42.2. The van der Waals surface area contributed by atoms with E-state index in [0.717, 1.165) is 32.9 Å². The van der Waals surface area contributed by atoms with Crippen LogP contribution in [0.4, 0.5) is 0 Å². The highest BCUT2D eigenvalue weighted by molar-refractivity contribution is 5.85. The number of fused-ring (bicyclic) bond motifs is 2. The van der Waals surface area contributed by atoms with Gasteiger partial charge in [0.2, 0.25) is 11.8 Å². The normalized spacial score (nSPS) is 17.4. The van der Waals surface area contributed by atoms with E-state index in [4.69, 9.17) is 9.47 Å². The number of hydrogen-bond acceptors (Lipinski definition) is 10. The van der Waals surface area contributed by atoms with Gasteiger partial charge in [-0.3, -0.25) is 29.0 Å². The number of aliphatic hydroxyl groups excluding tert-OH is 1. The Morgan fingerprint density at radius 1 is 0.690 bits per heavy atom. The first-order valence-corrected chi connectivity index (χ1v) is 19.4. The van der Waals surface area contributed by atoms with E-state index in [-0.39, 0.29) is 23.8 Å². The number of pyridine rings is 2. The molecule has 0 unspecified atom stereocenters. The van der Waals surface area contributed by atoms with Crippen LogP contribution in [-0.2, 0) is 33.4 Å². The second-order valence-electron chi connectivity index (χ2n) is 15.1. The Morgan fingerprint density at radius 2 is 1.12 bits per heavy atom. The fourth-order valence-corrected chi connectivity index (χ4v) is 7.32. The average Bonchev–Trinajstić information content (AvgIpc) is 3.21. The molecule has 4 aromatic rings. The molecule has 4 heterocycles. The van der Waals surface area contributed by atoms with Crippen LogP contribution in [0.25, 0.3) is 34.0 Å². The van der Waals surface area contributed by atoms with Gasteiger partial charge in [-0.2, -0.15) is 0 Å². The van der Waals surface area contributed by atoms with Gasteiger partial charge >= 0.3 is 17.9 Å². The molecule has 2 atom stereocenters. The van der Waals surface area contributed by atoms with Crippen molar-refractivity contribution in [2.45, 2.75) is 72.5 Å². The summed E-state index contributed by atoms with van der Waals surface area (Å²) < 4.78 is 10.3. The van der Waals surface area contributed by atoms with Crippen molar-refractivity contribution in [3.05, 3.63) is 95.3 Å². The SMILES string of the molecule is CC(=O)N1CCC(/C=C/c2ccc3ccc([C@@H](C)O)nc3c2)(C(=O)O)CC1.COC(=O)C1(/C=C/c2ccc3ccc([C@@H](C)OC(C)=O)nc3c2)CCN(C(C)=O)CC1. The molecule has 6 rings (SSSR count). The number of carbonyl (C=O) groups is 5. The summed E-state index contributed by atoms with van der Waals surface area (Å²) in [5, 5.41) is 21.4. The number of ether oxygens (including phenoxy) is 2. The molecule has 0 aliphatic carbocycles. The van der Waals surface area contributed by atoms with Crippen molar-refractivity contribution in [3.63, 3.8) is 0 Å². The van der Waals surface area contributed by atoms with Crippen molar-refractivity contribution < 1.29 is 43.7 Å². The quantitative estimate of drug-likeness (QED) is 0.173. The van der Waals surface area contributed by atoms with E-state index < -0.39 is 29.0 Å². The van der Waals surface area contributed by atoms with Gasteiger partial charge in [-0.05, 0) is 74.9 Å². The Bertz CT molecular complexity index is 2230. The topological polar surface area (TPSA) is 177 Å². The molecule has 2 amide bonds. The first-order chi connectivity index (χ1) is 27.5. The van der Waals surface area contributed by atoms with E-state index in [9.17, 15) is 34.2 Å². The number of carboxylic acids is 1. The lowest BCUT2D eigenvalue weighted by atomic mass is 9.77. The maximum absolute atomic E-state index is 12.6. The second kappa shape index (κ2) is 18.5. The summed E-state index contributed by atoms with van der Waals surface area (Å²) in [4.78, 5) is 71.4. The molecule has 2 aliphatic heterocycles. The number of carboxylic acid groups (broad SMARTS) is 1. The predicted octanol–water partition coefficient (Wildman–Crippen LogP) is 6.69. The van der Waals surface area contributed by atoms with Gasteiger partial charge in [-0.15, -0.1) is 0 Å². The van der Waals surface area contributed by atoms with Gasteiger partial charge in [0.15, 0.2) is 0 Å². The number of amides is 2. The van der Waals surface area contributed by atoms with Crippen molar-refractivity contribution in [2.24, 2.45) is 10.8 Å². The molecule has 58 heavy (non-hydrogen) atoms. The highest BCUT2D eigenvalue weighted by Crippen LogP contribution is 2.36. The average molecular weight is 793 g/mol. The molecule has 0 bridgehead atoms. The summed E-state index contributed by atoms with van der Waals surface area (Å²) in [6, 6.07) is 19.1. The van der Waals surface area contributed by atoms with E-state index in [1.54, 1.807) is 42.7 Å². The molecule has 2 saturated heterocycles. The predicted molar refractivity (Wildman–Crippen MR) is 220 cm³/mol. The number of esters is 2. The van der Waals surface area contributed by atoms with Crippen LogP contribution in [0.3, 0.4) is 0 Å². The molecular weight excluding hydrogens is 741 g/mol. The van der Waals surface area contributed by atoms with Gasteiger partial charge < -0.3 is 29.5 Å². The Labute approximate surface area is 338 Å². The third-order valence-electron chi connectivity index (χ3n) is 11.1. The largest absolute Gasteiger partial charge is 0.481 e. The van der Waals surface area contributed by atoms with E-state index >= 15 is 0 Å². The van der Waals surface area contributed by atoms with Crippen molar-refractivity contribution >= 4 is 63.7 Å². The summed E-state index contributed by atoms with van der Waals surface area (Å²) >= 11 is 0. The first kappa shape index (κ1) is 43.2. The summed E-state index contributed by atoms with van der Waals surface area (Å²) in [6.07, 6.45) is 8.11. The lowest BCUT2D eigenvalue weighted by Gasteiger charge is -2.37. The summed E-state index contributed by atoms with van der Waals surface area (Å²) in [6.45, 7) is 9.81. The third kappa shape index (κ3) is 10.3. The lowest BCUT2D eigenvalue weighted by molar-refractivity contribution is -0.153. The van der Waals surface area contributed by atoms with Crippen LogP contribution in [0.15, 0.2) is 72.8 Å². The minimum absolute atomic E-state index is 0.0156. The standard InChI is InChI=1S/C24H28N2O5.C21H24N2O4/c1-16(31-18(3)28)21-8-7-20-6-5-19(15-22(20)25-21)9-10-24(23(29)30-4)11-13-26(14-12-24)17(2)27;1-14(24)18-6-5-17-4-3-16(13-19(17)22-18)7-8-21(20(26)27)9-11-23(12-10-21)15(2)25/h5-10,15-16H,11-14H2,1-4H3;3-8,13-14,24H,9-12H2,1-2H3,(H,26,27)/b10-9+;8-7+/t16-;14-/m11/s1. The summed E-state index contributed by atoms with van der Waals surface area (Å²) in [5.41, 5.74) is 2.84. The lowest BCUT2D eigenvalue weighted by Crippen LogP contribution is -2.45. The summed E-state index contributed by atoms with van der Waals surface area (Å²) in [5.74, 6) is -1.51. The van der Waals surface area contributed by atoms with Crippen LogP contribution in [0.2, 0.25) is 0 Å². The minimum atomic E-state index is -0.963. The number of carbonyl (C=O) groups excluding carboxylic acids is 4. The van der Waals surface area contributed by atoms with Gasteiger partial charge in [-0.25, -0.2) is 4.98 Å². The van der Waals surface area contributed by atoms with Gasteiger partial charge in [0, 0.05) is 57.7 Å². The monoisotopic (exact) mass is 792 g/mol. The zero-order valence-electron chi connectivity index (χ0n) is 33.9. The van der Waals surface area contributed by atoms with Crippen LogP contribution >= 0.6 is 0 Å². The number of aliphatic hydroxyl groups is 1. The molecule has 2 N–H and O–H groups in total. The number of hydrogen-bond donors (Lipinski definition) is 2. The fourth-order valence-electron chi connectivity index (χ4n) is 7.32. The van der Waals surface area contributed by atoms with Crippen LogP contribution in [0.5, 0.6) is 0 Å². The number of aliphatic carboxylic acids is 1. The maximum Gasteiger partial charge on any atom is 0.315 e. The highest BCUT2D eigenvalue weighted by Gasteiger charge is 2.41. The van der Waals surface area contributed by atoms with Crippen molar-refractivity contribution in [1.82, 2.24) is 19.8 Å². The molecule has 2 aromatic carbocycles. The van der Waals surface area contributed by atoms with Crippen LogP contribution in [0, 0.1) is 10.8 Å². The molecule has 306 valence electrons. The van der Waals surface area contributed by atoms with Gasteiger partial charge in [0.25, 0.3) is 0 Å². The van der Waals surface area contributed by atoms with E-state index in [0.29, 0.717) is 63.3 Å². The second-order valence-corrected chi connectivity index (χ2v) is 15.1. The van der Waals surface area contributed by atoms with Gasteiger partial charge in [0.05, 0.1) is 46.5 Å². The number of likely N-dealkylation sites (tertiary alicyclic amines) is 2. The number of nitrogens with zero attached hydrogens (tertiary/aromatic N) is 4. The number of methoxy groups -OCH3 is 1. The molecule has 13 heteroatoms. The Morgan fingerprint density at radius 3 is 1.55 bits per heavy atom. The van der Waals surface area contributed by atoms with E-state index in [2.05, 4.69) is 9.97 Å². The number of aromatic nitrogens is 2. The number of rotatable bonds is 9. The van der Waals surface area contributed by atoms with E-state index in [1.807, 2.05) is 72.8 Å². The van der Waals surface area contributed by atoms with E-state index in [1.165, 1.54) is 21.0 Å². The maximum atomic E-state index is 12.6. The van der Waals surface area contributed by atoms with Crippen LogP contribution < -0.4 is 0 Å². The third-order valence-corrected chi connectivity index (χ3v) is 11.1. The van der Waals surface area contributed by atoms with Crippen molar-refractivity contribution in [3.8, 4) is 0 Å². The Kier molecular flexibility index (Phi) is 13.8. The molecule has 2 fully saturated rings. The first-order valence-electron chi connectivity index (χ1n) is 19.4. The molecular formula is C45H52N4O9. The van der Waals surface area contributed by atoms with Crippen molar-refractivity contribution in [2.75, 3.05) is 33.3 Å². The number of piperidine rings is 2. The highest BCUT2D eigenvalue weighted by atomic mass is 16.5. The Hall–Kier alpha value is -5.95. The molecule has 0 saturated carbocycles. The molecule has 0 radical (unpaired) electrons. The fraction of sp³-hybridized carbons (Fsp3) is 0.400. The van der Waals surface area contributed by atoms with Crippen LogP contribution in [-0.4, -0.2) is 93.0 Å². The molecule has 2 aliphatic rings.